The molecule has 1 aromatic carbocycles. The summed E-state index contributed by atoms with van der Waals surface area (Å²) < 4.78 is 1.66. The van der Waals surface area contributed by atoms with Crippen molar-refractivity contribution in [1.82, 2.24) is 20.0 Å². The third-order valence-corrected chi connectivity index (χ3v) is 2.76. The largest absolute Gasteiger partial charge is 0.384 e. The zero-order valence-electron chi connectivity index (χ0n) is 9.33. The summed E-state index contributed by atoms with van der Waals surface area (Å²) in [5, 5.41) is 14.2. The van der Waals surface area contributed by atoms with Gasteiger partial charge in [-0.2, -0.15) is 15.3 Å². The summed E-state index contributed by atoms with van der Waals surface area (Å²) in [5.41, 5.74) is 7.66. The second kappa shape index (κ2) is 3.55. The summed E-state index contributed by atoms with van der Waals surface area (Å²) >= 11 is 0. The van der Waals surface area contributed by atoms with Crippen LogP contribution in [0.1, 0.15) is 0 Å². The van der Waals surface area contributed by atoms with Gasteiger partial charge in [-0.3, -0.25) is 4.68 Å². The Morgan fingerprint density at radius 1 is 1.06 bits per heavy atom. The Kier molecular flexibility index (Phi) is 2.04. The van der Waals surface area contributed by atoms with Crippen LogP contribution in [0.15, 0.2) is 36.7 Å². The van der Waals surface area contributed by atoms with E-state index in [0.29, 0.717) is 5.82 Å². The minimum atomic E-state index is 0.646. The zero-order chi connectivity index (χ0) is 11.8. The highest BCUT2D eigenvalue weighted by Crippen LogP contribution is 2.23. The van der Waals surface area contributed by atoms with E-state index in [9.17, 15) is 0 Å². The summed E-state index contributed by atoms with van der Waals surface area (Å²) in [5.74, 6) is 0.646. The van der Waals surface area contributed by atoms with Crippen molar-refractivity contribution in [3.05, 3.63) is 36.7 Å². The lowest BCUT2D eigenvalue weighted by Gasteiger charge is -1.99. The number of fused-ring (bicyclic) bond motifs is 1. The van der Waals surface area contributed by atoms with E-state index in [1.807, 2.05) is 31.3 Å². The Balaban J connectivity index is 2.17. The molecule has 2 aromatic heterocycles. The van der Waals surface area contributed by atoms with Crippen LogP contribution in [0.3, 0.4) is 0 Å². The minimum absolute atomic E-state index is 0.646. The number of nitrogens with two attached hydrogens (primary N) is 1. The summed E-state index contributed by atoms with van der Waals surface area (Å²) in [6.45, 7) is 0. The molecule has 3 aromatic rings. The second-order valence-corrected chi connectivity index (χ2v) is 3.91. The van der Waals surface area contributed by atoms with Gasteiger partial charge in [-0.1, -0.05) is 12.1 Å². The van der Waals surface area contributed by atoms with E-state index < -0.39 is 0 Å². The third kappa shape index (κ3) is 1.61. The molecule has 0 saturated heterocycles. The van der Waals surface area contributed by atoms with Crippen molar-refractivity contribution in [2.24, 2.45) is 7.05 Å². The second-order valence-electron chi connectivity index (χ2n) is 3.91. The van der Waals surface area contributed by atoms with E-state index in [1.54, 1.807) is 17.1 Å². The van der Waals surface area contributed by atoms with Crippen LogP contribution in [0.4, 0.5) is 5.82 Å². The van der Waals surface area contributed by atoms with Crippen molar-refractivity contribution in [3.63, 3.8) is 0 Å². The Bertz CT molecular complexity index is 667. The van der Waals surface area contributed by atoms with Crippen LogP contribution in [0.2, 0.25) is 0 Å². The van der Waals surface area contributed by atoms with Gasteiger partial charge < -0.3 is 5.73 Å². The smallest absolute Gasteiger partial charge is 0.121 e. The Morgan fingerprint density at radius 3 is 2.53 bits per heavy atom. The van der Waals surface area contributed by atoms with Crippen LogP contribution >= 0.6 is 0 Å². The van der Waals surface area contributed by atoms with Gasteiger partial charge in [0.15, 0.2) is 0 Å². The van der Waals surface area contributed by atoms with Gasteiger partial charge >= 0.3 is 0 Å². The number of rotatable bonds is 1. The Labute approximate surface area is 97.9 Å². The number of nitrogens with zero attached hydrogens (tertiary/aromatic N) is 4. The Morgan fingerprint density at radius 2 is 1.82 bits per heavy atom. The number of nitrogen functional groups attached to an aromatic ring is 1. The molecule has 0 atom stereocenters. The molecule has 0 aliphatic heterocycles. The van der Waals surface area contributed by atoms with Gasteiger partial charge in [0.1, 0.15) is 5.82 Å². The predicted octanol–water partition coefficient (Wildman–Crippen LogP) is 1.61. The van der Waals surface area contributed by atoms with Gasteiger partial charge in [-0.25, -0.2) is 0 Å². The first-order valence-corrected chi connectivity index (χ1v) is 5.24. The van der Waals surface area contributed by atoms with Crippen molar-refractivity contribution in [3.8, 4) is 11.3 Å². The lowest BCUT2D eigenvalue weighted by molar-refractivity contribution is 0.782. The van der Waals surface area contributed by atoms with Gasteiger partial charge in [0.2, 0.25) is 0 Å². The van der Waals surface area contributed by atoms with Gasteiger partial charge in [-0.05, 0) is 6.07 Å². The molecular formula is C12H11N5. The van der Waals surface area contributed by atoms with Crippen LogP contribution in [0.5, 0.6) is 0 Å². The standard InChI is InChI=1S/C12H11N5/c1-17-12(13)5-11(16-17)8-2-3-9-6-14-15-7-10(9)4-8/h2-7H,13H2,1H3. The van der Waals surface area contributed by atoms with Crippen LogP contribution < -0.4 is 5.73 Å². The topological polar surface area (TPSA) is 69.6 Å². The quantitative estimate of drug-likeness (QED) is 0.683. The van der Waals surface area contributed by atoms with Gasteiger partial charge in [0.25, 0.3) is 0 Å². The van der Waals surface area contributed by atoms with Crippen LogP contribution in [0.25, 0.3) is 22.0 Å². The molecule has 0 saturated carbocycles. The molecule has 0 bridgehead atoms. The highest BCUT2D eigenvalue weighted by Gasteiger charge is 2.05. The molecule has 0 fully saturated rings. The molecule has 84 valence electrons. The van der Waals surface area contributed by atoms with Crippen LogP contribution in [-0.4, -0.2) is 20.0 Å². The molecule has 5 nitrogen and oxygen atoms in total. The number of aromatic nitrogens is 4. The van der Waals surface area contributed by atoms with Crippen molar-refractivity contribution in [2.75, 3.05) is 5.73 Å². The number of benzene rings is 1. The average Bonchev–Trinajstić information content (AvgIpc) is 2.69. The van der Waals surface area contributed by atoms with E-state index in [1.165, 1.54) is 0 Å². The van der Waals surface area contributed by atoms with Crippen molar-refractivity contribution in [1.29, 1.82) is 0 Å². The SMILES string of the molecule is Cn1nc(-c2ccc3cnncc3c2)cc1N. The summed E-state index contributed by atoms with van der Waals surface area (Å²) in [7, 11) is 1.82. The molecule has 0 spiro atoms. The average molecular weight is 225 g/mol. The van der Waals surface area contributed by atoms with E-state index in [4.69, 9.17) is 5.73 Å². The van der Waals surface area contributed by atoms with Crippen LogP contribution in [-0.2, 0) is 7.05 Å². The fourth-order valence-corrected chi connectivity index (χ4v) is 1.78. The number of aryl methyl sites for hydroxylation is 1. The summed E-state index contributed by atoms with van der Waals surface area (Å²) in [6, 6.07) is 7.90. The fraction of sp³-hybridized carbons (Fsp3) is 0.0833. The van der Waals surface area contributed by atoms with E-state index in [-0.39, 0.29) is 0 Å². The first-order valence-electron chi connectivity index (χ1n) is 5.24. The zero-order valence-corrected chi connectivity index (χ0v) is 9.33. The summed E-state index contributed by atoms with van der Waals surface area (Å²) in [6.07, 6.45) is 3.48. The first kappa shape index (κ1) is 9.77. The lowest BCUT2D eigenvalue weighted by Crippen LogP contribution is -1.96. The lowest BCUT2D eigenvalue weighted by atomic mass is 10.1. The molecule has 2 heterocycles. The number of anilines is 1. The van der Waals surface area contributed by atoms with Crippen LogP contribution in [0, 0.1) is 0 Å². The molecule has 0 unspecified atom stereocenters. The maximum atomic E-state index is 5.77. The molecule has 3 rings (SSSR count). The van der Waals surface area contributed by atoms with Gasteiger partial charge in [0, 0.05) is 29.4 Å². The van der Waals surface area contributed by atoms with E-state index in [0.717, 1.165) is 22.0 Å². The normalized spacial score (nSPS) is 10.9. The monoisotopic (exact) mass is 225 g/mol. The maximum Gasteiger partial charge on any atom is 0.121 e. The van der Waals surface area contributed by atoms with Gasteiger partial charge in [-0.15, -0.1) is 0 Å². The fourth-order valence-electron chi connectivity index (χ4n) is 1.78. The van der Waals surface area contributed by atoms with Crippen molar-refractivity contribution >= 4 is 16.6 Å². The minimum Gasteiger partial charge on any atom is -0.384 e. The van der Waals surface area contributed by atoms with Crippen molar-refractivity contribution < 1.29 is 0 Å². The number of hydrogen-bond acceptors (Lipinski definition) is 4. The predicted molar refractivity (Wildman–Crippen MR) is 66.2 cm³/mol. The van der Waals surface area contributed by atoms with E-state index >= 15 is 0 Å². The van der Waals surface area contributed by atoms with E-state index in [2.05, 4.69) is 15.3 Å². The maximum absolute atomic E-state index is 5.77. The molecule has 2 N–H and O–H groups in total. The first-order chi connectivity index (χ1) is 8.24. The Hall–Kier alpha value is -2.43. The molecule has 0 radical (unpaired) electrons. The van der Waals surface area contributed by atoms with Gasteiger partial charge in [0.05, 0.1) is 18.1 Å². The summed E-state index contributed by atoms with van der Waals surface area (Å²) in [4.78, 5) is 0. The highest BCUT2D eigenvalue weighted by atomic mass is 15.3. The third-order valence-electron chi connectivity index (χ3n) is 2.76. The molecular weight excluding hydrogens is 214 g/mol. The highest BCUT2D eigenvalue weighted by molar-refractivity contribution is 5.85. The molecule has 0 aliphatic rings. The molecule has 0 aliphatic carbocycles. The molecule has 0 amide bonds. The van der Waals surface area contributed by atoms with Crippen molar-refractivity contribution in [2.45, 2.75) is 0 Å². The number of hydrogen-bond donors (Lipinski definition) is 1. The molecule has 5 heteroatoms. The molecule has 17 heavy (non-hydrogen) atoms.